The fourth-order valence-electron chi connectivity index (χ4n) is 5.34. The first-order valence-corrected chi connectivity index (χ1v) is 9.67. The van der Waals surface area contributed by atoms with E-state index in [1.165, 1.54) is 9.80 Å². The lowest BCUT2D eigenvalue weighted by Crippen LogP contribution is -2.40. The third-order valence-electron chi connectivity index (χ3n) is 6.64. The average molecular weight is 380 g/mol. The Hall–Kier alpha value is -2.96. The number of imide groups is 1. The molecule has 2 heterocycles. The number of rotatable bonds is 3. The smallest absolute Gasteiger partial charge is 0.326 e. The molecule has 7 heteroatoms. The molecule has 5 rings (SSSR count). The van der Waals surface area contributed by atoms with Crippen molar-refractivity contribution in [1.29, 1.82) is 0 Å². The van der Waals surface area contributed by atoms with E-state index in [0.29, 0.717) is 30.6 Å². The zero-order chi connectivity index (χ0) is 19.6. The van der Waals surface area contributed by atoms with Crippen molar-refractivity contribution in [3.05, 3.63) is 42.0 Å². The van der Waals surface area contributed by atoms with E-state index in [4.69, 9.17) is 0 Å². The Labute approximate surface area is 161 Å². The van der Waals surface area contributed by atoms with Crippen LogP contribution in [0.4, 0.5) is 5.69 Å². The number of carboxylic acids is 1. The van der Waals surface area contributed by atoms with E-state index in [-0.39, 0.29) is 41.4 Å². The van der Waals surface area contributed by atoms with E-state index >= 15 is 0 Å². The average Bonchev–Trinajstić information content (AvgIpc) is 3.45. The van der Waals surface area contributed by atoms with Crippen molar-refractivity contribution in [2.45, 2.75) is 25.3 Å². The maximum absolute atomic E-state index is 12.9. The molecule has 0 spiro atoms. The lowest BCUT2D eigenvalue weighted by Gasteiger charge is -2.22. The summed E-state index contributed by atoms with van der Waals surface area (Å²) in [7, 11) is 0. The van der Waals surface area contributed by atoms with Crippen molar-refractivity contribution in [2.75, 3.05) is 11.4 Å². The van der Waals surface area contributed by atoms with Crippen LogP contribution in [0.2, 0.25) is 0 Å². The molecule has 28 heavy (non-hydrogen) atoms. The summed E-state index contributed by atoms with van der Waals surface area (Å²) >= 11 is 0. The monoisotopic (exact) mass is 380 g/mol. The summed E-state index contributed by atoms with van der Waals surface area (Å²) in [5.74, 6) is -1.86. The first kappa shape index (κ1) is 17.2. The molecule has 0 radical (unpaired) electrons. The van der Waals surface area contributed by atoms with Crippen LogP contribution in [0.1, 0.15) is 29.6 Å². The summed E-state index contributed by atoms with van der Waals surface area (Å²) in [6.07, 6.45) is 6.11. The highest BCUT2D eigenvalue weighted by Crippen LogP contribution is 2.53. The van der Waals surface area contributed by atoms with E-state index in [1.54, 1.807) is 24.3 Å². The normalized spacial score (nSPS) is 33.1. The molecule has 2 aliphatic heterocycles. The van der Waals surface area contributed by atoms with Crippen molar-refractivity contribution < 1.29 is 24.3 Å². The number of likely N-dealkylation sites (tertiary alicyclic amines) is 1. The molecular weight excluding hydrogens is 360 g/mol. The Morgan fingerprint density at radius 2 is 1.57 bits per heavy atom. The van der Waals surface area contributed by atoms with Gasteiger partial charge in [-0.3, -0.25) is 19.3 Å². The number of amides is 3. The van der Waals surface area contributed by atoms with Gasteiger partial charge < -0.3 is 10.0 Å². The van der Waals surface area contributed by atoms with Crippen molar-refractivity contribution in [2.24, 2.45) is 23.7 Å². The van der Waals surface area contributed by atoms with Gasteiger partial charge in [0.05, 0.1) is 17.5 Å². The van der Waals surface area contributed by atoms with E-state index < -0.39 is 12.0 Å². The third kappa shape index (κ3) is 2.28. The van der Waals surface area contributed by atoms with E-state index in [2.05, 4.69) is 12.2 Å². The Balaban J connectivity index is 1.37. The lowest BCUT2D eigenvalue weighted by molar-refractivity contribution is -0.141. The Bertz CT molecular complexity index is 891. The highest BCUT2D eigenvalue weighted by atomic mass is 16.4. The summed E-state index contributed by atoms with van der Waals surface area (Å²) in [5.41, 5.74) is 0.828. The molecule has 1 aromatic rings. The van der Waals surface area contributed by atoms with Crippen LogP contribution in [0, 0.1) is 23.7 Å². The van der Waals surface area contributed by atoms with Crippen LogP contribution in [0.25, 0.3) is 0 Å². The SMILES string of the molecule is O=C(O)[C@H]1CCCN1C(=O)c1ccc(N2C(=O)[C@@H]3[C@H](C2=O)[C@H]2C=C[C@H]3C2)cc1. The number of carboxylic acid groups (broad SMARTS) is 1. The predicted molar refractivity (Wildman–Crippen MR) is 98.3 cm³/mol. The van der Waals surface area contributed by atoms with Gasteiger partial charge in [-0.05, 0) is 55.4 Å². The van der Waals surface area contributed by atoms with E-state index in [0.717, 1.165) is 6.42 Å². The maximum atomic E-state index is 12.9. The van der Waals surface area contributed by atoms with Crippen molar-refractivity contribution >= 4 is 29.4 Å². The molecule has 144 valence electrons. The molecule has 7 nitrogen and oxygen atoms in total. The summed E-state index contributed by atoms with van der Waals surface area (Å²) in [4.78, 5) is 52.4. The van der Waals surface area contributed by atoms with Gasteiger partial charge in [0, 0.05) is 12.1 Å². The number of carbonyl (C=O) groups excluding carboxylic acids is 3. The van der Waals surface area contributed by atoms with Gasteiger partial charge in [-0.2, -0.15) is 0 Å². The molecule has 2 aliphatic carbocycles. The minimum Gasteiger partial charge on any atom is -0.480 e. The largest absolute Gasteiger partial charge is 0.480 e. The van der Waals surface area contributed by atoms with Gasteiger partial charge in [0.25, 0.3) is 5.91 Å². The molecule has 2 saturated heterocycles. The van der Waals surface area contributed by atoms with Gasteiger partial charge in [0.15, 0.2) is 0 Å². The highest BCUT2D eigenvalue weighted by Gasteiger charge is 2.59. The number of hydrogen-bond acceptors (Lipinski definition) is 4. The summed E-state index contributed by atoms with van der Waals surface area (Å²) in [6.45, 7) is 0.416. The molecule has 0 aromatic heterocycles. The minimum atomic E-state index is -0.995. The molecular formula is C21H20N2O5. The van der Waals surface area contributed by atoms with Gasteiger partial charge in [-0.1, -0.05) is 12.2 Å². The molecule has 0 unspecified atom stereocenters. The summed E-state index contributed by atoms with van der Waals surface area (Å²) in [5, 5.41) is 9.27. The predicted octanol–water partition coefficient (Wildman–Crippen LogP) is 1.69. The fraction of sp³-hybridized carbons (Fsp3) is 0.429. The zero-order valence-electron chi connectivity index (χ0n) is 15.2. The fourth-order valence-corrected chi connectivity index (χ4v) is 5.34. The van der Waals surface area contributed by atoms with Crippen LogP contribution >= 0.6 is 0 Å². The first-order valence-electron chi connectivity index (χ1n) is 9.67. The second-order valence-corrected chi connectivity index (χ2v) is 8.05. The van der Waals surface area contributed by atoms with Crippen LogP contribution in [0.5, 0.6) is 0 Å². The lowest BCUT2D eigenvalue weighted by atomic mass is 9.85. The maximum Gasteiger partial charge on any atom is 0.326 e. The summed E-state index contributed by atoms with van der Waals surface area (Å²) < 4.78 is 0. The number of carbonyl (C=O) groups is 4. The standard InChI is InChI=1S/C21H20N2O5/c24-18(22-9-1-2-15(22)21(27)28)11-5-7-14(8-6-11)23-19(25)16-12-3-4-13(10-12)17(16)20(23)26/h3-8,12-13,15-17H,1-2,9-10H2,(H,27,28)/t12-,13-,15+,16-,17+/m0/s1. The number of hydrogen-bond donors (Lipinski definition) is 1. The molecule has 5 atom stereocenters. The first-order chi connectivity index (χ1) is 13.5. The highest BCUT2D eigenvalue weighted by molar-refractivity contribution is 6.22. The van der Waals surface area contributed by atoms with E-state index in [1.807, 2.05) is 0 Å². The molecule has 3 fully saturated rings. The number of anilines is 1. The minimum absolute atomic E-state index is 0.153. The van der Waals surface area contributed by atoms with Gasteiger partial charge in [-0.15, -0.1) is 0 Å². The summed E-state index contributed by atoms with van der Waals surface area (Å²) in [6, 6.07) is 5.54. The second kappa shape index (κ2) is 6.02. The van der Waals surface area contributed by atoms with Crippen LogP contribution < -0.4 is 4.90 Å². The number of nitrogens with zero attached hydrogens (tertiary/aromatic N) is 2. The third-order valence-corrected chi connectivity index (χ3v) is 6.64. The van der Waals surface area contributed by atoms with Gasteiger partial charge >= 0.3 is 5.97 Å². The Morgan fingerprint density at radius 1 is 0.964 bits per heavy atom. The molecule has 1 aromatic carbocycles. The molecule has 1 N–H and O–H groups in total. The number of fused-ring (bicyclic) bond motifs is 5. The van der Waals surface area contributed by atoms with Crippen LogP contribution in [-0.2, 0) is 14.4 Å². The van der Waals surface area contributed by atoms with Gasteiger partial charge in [0.2, 0.25) is 11.8 Å². The molecule has 1 saturated carbocycles. The van der Waals surface area contributed by atoms with Crippen LogP contribution in [-0.4, -0.2) is 46.3 Å². The van der Waals surface area contributed by atoms with Gasteiger partial charge in [0.1, 0.15) is 6.04 Å². The number of allylic oxidation sites excluding steroid dienone is 2. The molecule has 3 amide bonds. The topological polar surface area (TPSA) is 95.0 Å². The second-order valence-electron chi connectivity index (χ2n) is 8.05. The van der Waals surface area contributed by atoms with Crippen LogP contribution in [0.3, 0.4) is 0 Å². The quantitative estimate of drug-likeness (QED) is 0.636. The van der Waals surface area contributed by atoms with Crippen molar-refractivity contribution in [1.82, 2.24) is 4.90 Å². The Kier molecular flexibility index (Phi) is 3.69. The van der Waals surface area contributed by atoms with Gasteiger partial charge in [-0.25, -0.2) is 4.79 Å². The number of benzene rings is 1. The van der Waals surface area contributed by atoms with Crippen molar-refractivity contribution in [3.8, 4) is 0 Å². The van der Waals surface area contributed by atoms with Crippen molar-refractivity contribution in [3.63, 3.8) is 0 Å². The molecule has 2 bridgehead atoms. The number of aliphatic carboxylic acids is 1. The Morgan fingerprint density at radius 3 is 2.14 bits per heavy atom. The molecule has 4 aliphatic rings. The zero-order valence-corrected chi connectivity index (χ0v) is 15.2. The van der Waals surface area contributed by atoms with Crippen LogP contribution in [0.15, 0.2) is 36.4 Å². The van der Waals surface area contributed by atoms with E-state index in [9.17, 15) is 24.3 Å².